The first-order chi connectivity index (χ1) is 17.0. The van der Waals surface area contributed by atoms with Gasteiger partial charge in [0.25, 0.3) is 0 Å². The first-order valence-corrected chi connectivity index (χ1v) is 12.4. The summed E-state index contributed by atoms with van der Waals surface area (Å²) in [6, 6.07) is 13.0. The highest BCUT2D eigenvalue weighted by molar-refractivity contribution is 8.15. The van der Waals surface area contributed by atoms with Crippen LogP contribution in [0.3, 0.4) is 0 Å². The van der Waals surface area contributed by atoms with Crippen LogP contribution in [0, 0.1) is 0 Å². The molecule has 1 fully saturated rings. The molecule has 2 heterocycles. The van der Waals surface area contributed by atoms with E-state index in [1.165, 1.54) is 11.8 Å². The quantitative estimate of drug-likeness (QED) is 0.378. The first-order valence-electron chi connectivity index (χ1n) is 11.5. The van der Waals surface area contributed by atoms with Gasteiger partial charge in [0.15, 0.2) is 16.7 Å². The van der Waals surface area contributed by atoms with Crippen molar-refractivity contribution in [3.63, 3.8) is 0 Å². The van der Waals surface area contributed by atoms with Crippen LogP contribution >= 0.6 is 11.8 Å². The average molecular weight is 497 g/mol. The van der Waals surface area contributed by atoms with Crippen molar-refractivity contribution in [2.75, 3.05) is 18.7 Å². The summed E-state index contributed by atoms with van der Waals surface area (Å²) < 4.78 is 16.3. The van der Waals surface area contributed by atoms with E-state index < -0.39 is 5.25 Å². The third kappa shape index (κ3) is 6.98. The fraction of sp³-hybridized carbons (Fsp3) is 0.360. The van der Waals surface area contributed by atoms with Crippen molar-refractivity contribution in [1.29, 1.82) is 0 Å². The average Bonchev–Trinajstić information content (AvgIpc) is 3.46. The number of amides is 2. The van der Waals surface area contributed by atoms with Gasteiger partial charge in [-0.05, 0) is 68.1 Å². The van der Waals surface area contributed by atoms with Crippen LogP contribution in [0.5, 0.6) is 17.2 Å². The molecule has 1 atom stereocenters. The second kappa shape index (κ2) is 11.7. The van der Waals surface area contributed by atoms with E-state index >= 15 is 0 Å². The number of aryl methyl sites for hydroxylation is 1. The molecule has 2 amide bonds. The van der Waals surface area contributed by atoms with Gasteiger partial charge in [-0.3, -0.25) is 9.59 Å². The Bertz CT molecular complexity index is 1130. The van der Waals surface area contributed by atoms with Gasteiger partial charge in [-0.25, -0.2) is 0 Å². The molecule has 4 rings (SSSR count). The molecule has 35 heavy (non-hydrogen) atoms. The number of carbonyl (C=O) groups excluding carboxylic acids is 2. The van der Waals surface area contributed by atoms with Crippen LogP contribution in [0.25, 0.3) is 0 Å². The van der Waals surface area contributed by atoms with Crippen molar-refractivity contribution in [3.8, 4) is 17.2 Å². The molecule has 2 aliphatic rings. The molecule has 0 unspecified atom stereocenters. The van der Waals surface area contributed by atoms with Crippen LogP contribution in [-0.2, 0) is 16.0 Å². The zero-order valence-corrected chi connectivity index (χ0v) is 20.5. The third-order valence-electron chi connectivity index (χ3n) is 5.28. The van der Waals surface area contributed by atoms with Gasteiger partial charge in [-0.2, -0.15) is 5.10 Å². The molecule has 0 aromatic heterocycles. The number of ether oxygens (including phenoxy) is 3. The normalized spacial score (nSPS) is 18.0. The largest absolute Gasteiger partial charge is 0.494 e. The molecule has 0 bridgehead atoms. The van der Waals surface area contributed by atoms with E-state index in [9.17, 15) is 9.59 Å². The molecule has 0 saturated carbocycles. The highest BCUT2D eigenvalue weighted by Gasteiger charge is 2.32. The molecular formula is C25H28N4O5S. The van der Waals surface area contributed by atoms with Gasteiger partial charge >= 0.3 is 0 Å². The number of benzene rings is 2. The van der Waals surface area contributed by atoms with E-state index in [1.807, 2.05) is 32.0 Å². The highest BCUT2D eigenvalue weighted by Crippen LogP contribution is 2.32. The lowest BCUT2D eigenvalue weighted by Crippen LogP contribution is -2.28. The van der Waals surface area contributed by atoms with Crippen molar-refractivity contribution in [2.24, 2.45) is 10.2 Å². The molecule has 2 N–H and O–H groups in total. The molecule has 0 spiro atoms. The Morgan fingerprint density at radius 1 is 1.20 bits per heavy atom. The summed E-state index contributed by atoms with van der Waals surface area (Å²) in [5.41, 5.74) is 2.60. The SMILES string of the molecule is CCCOc1ccc(NC(=O)C[C@@H]2S/C(=N/N=C(/C)CCc3ccc4c(c3)OCO4)NC2=O)cc1. The van der Waals surface area contributed by atoms with Crippen LogP contribution in [0.15, 0.2) is 52.7 Å². The minimum Gasteiger partial charge on any atom is -0.494 e. The van der Waals surface area contributed by atoms with Gasteiger partial charge in [0.2, 0.25) is 18.6 Å². The van der Waals surface area contributed by atoms with Crippen LogP contribution in [0.1, 0.15) is 38.7 Å². The highest BCUT2D eigenvalue weighted by atomic mass is 32.2. The van der Waals surface area contributed by atoms with Gasteiger partial charge < -0.3 is 24.8 Å². The Morgan fingerprint density at radius 3 is 2.80 bits per heavy atom. The van der Waals surface area contributed by atoms with Gasteiger partial charge in [-0.15, -0.1) is 5.10 Å². The number of thioether (sulfide) groups is 1. The Kier molecular flexibility index (Phi) is 8.25. The van der Waals surface area contributed by atoms with E-state index in [4.69, 9.17) is 14.2 Å². The number of nitrogens with one attached hydrogen (secondary N) is 2. The number of fused-ring (bicyclic) bond motifs is 1. The smallest absolute Gasteiger partial charge is 0.240 e. The summed E-state index contributed by atoms with van der Waals surface area (Å²) in [5.74, 6) is 1.78. The predicted octanol–water partition coefficient (Wildman–Crippen LogP) is 4.13. The standard InChI is InChI=1S/C25H28N4O5S/c1-3-12-32-19-9-7-18(8-10-19)26-23(30)14-22-24(31)27-25(35-22)29-28-16(2)4-5-17-6-11-20-21(13-17)34-15-33-20/h6-11,13,22H,3-5,12,14-15H2,1-2H3,(H,26,30)(H,27,29,31)/b28-16-/t22-/m0/s1. The Labute approximate surface area is 208 Å². The topological polar surface area (TPSA) is 111 Å². The van der Waals surface area contributed by atoms with Crippen LogP contribution < -0.4 is 24.8 Å². The lowest BCUT2D eigenvalue weighted by molar-refractivity contribution is -0.122. The zero-order valence-electron chi connectivity index (χ0n) is 19.7. The van der Waals surface area contributed by atoms with E-state index in [1.54, 1.807) is 24.3 Å². The van der Waals surface area contributed by atoms with E-state index in [-0.39, 0.29) is 25.0 Å². The van der Waals surface area contributed by atoms with Crippen LogP contribution in [0.4, 0.5) is 5.69 Å². The zero-order chi connectivity index (χ0) is 24.6. The van der Waals surface area contributed by atoms with Crippen molar-refractivity contribution < 1.29 is 23.8 Å². The fourth-order valence-corrected chi connectivity index (χ4v) is 4.34. The molecule has 2 aromatic carbocycles. The van der Waals surface area contributed by atoms with Gasteiger partial charge in [0.1, 0.15) is 11.0 Å². The van der Waals surface area contributed by atoms with Crippen molar-refractivity contribution in [3.05, 3.63) is 48.0 Å². The summed E-state index contributed by atoms with van der Waals surface area (Å²) in [6.45, 7) is 4.83. The van der Waals surface area contributed by atoms with Crippen molar-refractivity contribution >= 4 is 40.1 Å². The maximum Gasteiger partial charge on any atom is 0.240 e. The van der Waals surface area contributed by atoms with Crippen molar-refractivity contribution in [1.82, 2.24) is 5.32 Å². The summed E-state index contributed by atoms with van der Waals surface area (Å²) in [6.07, 6.45) is 2.46. The Balaban J connectivity index is 1.24. The molecule has 10 heteroatoms. The molecule has 2 aliphatic heterocycles. The third-order valence-corrected chi connectivity index (χ3v) is 6.35. The van der Waals surface area contributed by atoms with E-state index in [0.717, 1.165) is 41.4 Å². The van der Waals surface area contributed by atoms with E-state index in [2.05, 4.69) is 20.8 Å². The predicted molar refractivity (Wildman–Crippen MR) is 136 cm³/mol. The lowest BCUT2D eigenvalue weighted by Gasteiger charge is -2.09. The number of carbonyl (C=O) groups is 2. The molecule has 184 valence electrons. The summed E-state index contributed by atoms with van der Waals surface area (Å²) >= 11 is 1.21. The molecule has 2 aromatic rings. The number of amidine groups is 1. The maximum absolute atomic E-state index is 12.4. The molecule has 1 saturated heterocycles. The lowest BCUT2D eigenvalue weighted by atomic mass is 10.1. The van der Waals surface area contributed by atoms with Crippen LogP contribution in [0.2, 0.25) is 0 Å². The molecule has 9 nitrogen and oxygen atoms in total. The molecule has 0 radical (unpaired) electrons. The molecule has 0 aliphatic carbocycles. The first kappa shape index (κ1) is 24.6. The fourth-order valence-electron chi connectivity index (χ4n) is 3.42. The molecular weight excluding hydrogens is 468 g/mol. The summed E-state index contributed by atoms with van der Waals surface area (Å²) in [4.78, 5) is 24.7. The number of rotatable bonds is 10. The van der Waals surface area contributed by atoms with E-state index in [0.29, 0.717) is 23.9 Å². The van der Waals surface area contributed by atoms with Crippen LogP contribution in [-0.4, -0.2) is 41.3 Å². The maximum atomic E-state index is 12.4. The Morgan fingerprint density at radius 2 is 2.00 bits per heavy atom. The number of anilines is 1. The van der Waals surface area contributed by atoms with Gasteiger partial charge in [0, 0.05) is 17.8 Å². The second-order valence-corrected chi connectivity index (χ2v) is 9.34. The number of hydrogen-bond acceptors (Lipinski definition) is 8. The summed E-state index contributed by atoms with van der Waals surface area (Å²) in [7, 11) is 0. The minimum absolute atomic E-state index is 0.0381. The Hall–Kier alpha value is -3.53. The monoisotopic (exact) mass is 496 g/mol. The number of hydrogen-bond donors (Lipinski definition) is 2. The summed E-state index contributed by atoms with van der Waals surface area (Å²) in [5, 5.41) is 13.8. The number of nitrogens with zero attached hydrogens (tertiary/aromatic N) is 2. The second-order valence-electron chi connectivity index (χ2n) is 8.15. The minimum atomic E-state index is -0.551. The van der Waals surface area contributed by atoms with Gasteiger partial charge in [0.05, 0.1) is 6.61 Å². The van der Waals surface area contributed by atoms with Gasteiger partial charge in [-0.1, -0.05) is 24.8 Å². The van der Waals surface area contributed by atoms with Crippen molar-refractivity contribution in [2.45, 2.75) is 44.8 Å².